The van der Waals surface area contributed by atoms with Gasteiger partial charge in [-0.1, -0.05) is 0 Å². The van der Waals surface area contributed by atoms with Crippen molar-refractivity contribution in [3.05, 3.63) is 28.0 Å². The predicted octanol–water partition coefficient (Wildman–Crippen LogP) is 1.86. The third kappa shape index (κ3) is 2.70. The molecule has 0 amide bonds. The van der Waals surface area contributed by atoms with E-state index >= 15 is 0 Å². The van der Waals surface area contributed by atoms with E-state index in [1.54, 1.807) is 0 Å². The fourth-order valence-corrected chi connectivity index (χ4v) is 1.62. The molecule has 0 saturated heterocycles. The normalized spacial score (nSPS) is 12.2. The Morgan fingerprint density at radius 1 is 1.69 bits per heavy atom. The zero-order valence-electron chi connectivity index (χ0n) is 8.54. The van der Waals surface area contributed by atoms with Crippen molar-refractivity contribution in [1.29, 1.82) is 0 Å². The van der Waals surface area contributed by atoms with Gasteiger partial charge in [0, 0.05) is 11.6 Å². The third-order valence-electron chi connectivity index (χ3n) is 2.10. The highest BCUT2D eigenvalue weighted by atomic mass is 79.9. The van der Waals surface area contributed by atoms with Gasteiger partial charge in [-0.3, -0.25) is 4.79 Å². The lowest BCUT2D eigenvalue weighted by Gasteiger charge is -2.14. The molecule has 0 bridgehead atoms. The van der Waals surface area contributed by atoms with Gasteiger partial charge < -0.3 is 15.6 Å². The number of hydrogen-bond donors (Lipinski definition) is 2. The van der Waals surface area contributed by atoms with Crippen LogP contribution in [0.25, 0.3) is 0 Å². The molecule has 0 unspecified atom stereocenters. The summed E-state index contributed by atoms with van der Waals surface area (Å²) in [6, 6.07) is 1.58. The first-order valence-corrected chi connectivity index (χ1v) is 5.26. The average molecular weight is 292 g/mol. The molecule has 1 rings (SSSR count). The molecule has 4 nitrogen and oxygen atoms in total. The van der Waals surface area contributed by atoms with Crippen molar-refractivity contribution >= 4 is 21.9 Å². The van der Waals surface area contributed by atoms with Gasteiger partial charge in [-0.15, -0.1) is 0 Å². The van der Waals surface area contributed by atoms with E-state index in [1.165, 1.54) is 13.2 Å². The Morgan fingerprint density at radius 3 is 2.88 bits per heavy atom. The SMILES string of the molecule is COC(=O)C[C@H](N)c1c(F)ccc(Br)c1O. The van der Waals surface area contributed by atoms with Crippen LogP contribution >= 0.6 is 15.9 Å². The molecule has 0 fully saturated rings. The molecule has 0 radical (unpaired) electrons. The highest BCUT2D eigenvalue weighted by molar-refractivity contribution is 9.10. The molecule has 1 atom stereocenters. The second-order valence-electron chi connectivity index (χ2n) is 3.18. The molecule has 0 aromatic heterocycles. The smallest absolute Gasteiger partial charge is 0.307 e. The van der Waals surface area contributed by atoms with Gasteiger partial charge in [-0.25, -0.2) is 4.39 Å². The number of esters is 1. The second kappa shape index (κ2) is 5.27. The molecular weight excluding hydrogens is 281 g/mol. The lowest BCUT2D eigenvalue weighted by molar-refractivity contribution is -0.141. The third-order valence-corrected chi connectivity index (χ3v) is 2.74. The van der Waals surface area contributed by atoms with E-state index in [2.05, 4.69) is 20.7 Å². The molecule has 1 aromatic carbocycles. The van der Waals surface area contributed by atoms with Crippen LogP contribution in [0.15, 0.2) is 16.6 Å². The van der Waals surface area contributed by atoms with Crippen LogP contribution in [0.5, 0.6) is 5.75 Å². The van der Waals surface area contributed by atoms with Crippen LogP contribution in [0.3, 0.4) is 0 Å². The summed E-state index contributed by atoms with van der Waals surface area (Å²) in [5.41, 5.74) is 5.52. The van der Waals surface area contributed by atoms with Gasteiger partial charge in [0.2, 0.25) is 0 Å². The minimum Gasteiger partial charge on any atom is -0.506 e. The summed E-state index contributed by atoms with van der Waals surface area (Å²) in [6.07, 6.45) is -0.197. The largest absolute Gasteiger partial charge is 0.506 e. The molecule has 0 saturated carbocycles. The van der Waals surface area contributed by atoms with Crippen LogP contribution in [0, 0.1) is 5.82 Å². The number of ether oxygens (including phenoxy) is 1. The quantitative estimate of drug-likeness (QED) is 0.834. The Balaban J connectivity index is 3.03. The summed E-state index contributed by atoms with van der Waals surface area (Å²) in [7, 11) is 1.21. The minimum absolute atomic E-state index is 0.0974. The van der Waals surface area contributed by atoms with Crippen molar-refractivity contribution in [1.82, 2.24) is 0 Å². The number of halogens is 2. The van der Waals surface area contributed by atoms with Crippen molar-refractivity contribution in [2.45, 2.75) is 12.5 Å². The van der Waals surface area contributed by atoms with Crippen molar-refractivity contribution < 1.29 is 19.0 Å². The maximum atomic E-state index is 13.4. The van der Waals surface area contributed by atoms with Gasteiger partial charge in [0.25, 0.3) is 0 Å². The summed E-state index contributed by atoms with van der Waals surface area (Å²) >= 11 is 3.04. The van der Waals surface area contributed by atoms with Crippen LogP contribution < -0.4 is 5.73 Å². The van der Waals surface area contributed by atoms with E-state index in [9.17, 15) is 14.3 Å². The van der Waals surface area contributed by atoms with Crippen molar-refractivity contribution in [2.75, 3.05) is 7.11 Å². The monoisotopic (exact) mass is 291 g/mol. The number of phenols is 1. The van der Waals surface area contributed by atoms with Gasteiger partial charge in [-0.05, 0) is 28.1 Å². The van der Waals surface area contributed by atoms with Crippen LogP contribution in [0.1, 0.15) is 18.0 Å². The highest BCUT2D eigenvalue weighted by Gasteiger charge is 2.21. The van der Waals surface area contributed by atoms with E-state index in [0.717, 1.165) is 6.07 Å². The van der Waals surface area contributed by atoms with Crippen LogP contribution in [-0.2, 0) is 9.53 Å². The number of benzene rings is 1. The molecule has 0 aliphatic rings. The van der Waals surface area contributed by atoms with E-state index in [4.69, 9.17) is 5.73 Å². The summed E-state index contributed by atoms with van der Waals surface area (Å²) < 4.78 is 18.2. The van der Waals surface area contributed by atoms with Crippen molar-refractivity contribution in [3.8, 4) is 5.75 Å². The maximum Gasteiger partial charge on any atom is 0.307 e. The Morgan fingerprint density at radius 2 is 2.31 bits per heavy atom. The predicted molar refractivity (Wildman–Crippen MR) is 59.3 cm³/mol. The lowest BCUT2D eigenvalue weighted by atomic mass is 10.0. The van der Waals surface area contributed by atoms with Gasteiger partial charge >= 0.3 is 5.97 Å². The standard InChI is InChI=1S/C10H11BrFNO3/c1-16-8(14)4-7(13)9-6(12)3-2-5(11)10(9)15/h2-3,7,15H,4,13H2,1H3/t7-/m0/s1. The Hall–Kier alpha value is -1.14. The first kappa shape index (κ1) is 12.9. The number of methoxy groups -OCH3 is 1. The molecule has 0 aliphatic carbocycles. The second-order valence-corrected chi connectivity index (χ2v) is 4.03. The topological polar surface area (TPSA) is 72.5 Å². The Kier molecular flexibility index (Phi) is 4.26. The summed E-state index contributed by atoms with van der Waals surface area (Å²) in [5.74, 6) is -1.51. The van der Waals surface area contributed by atoms with Crippen LogP contribution in [-0.4, -0.2) is 18.2 Å². The van der Waals surface area contributed by atoms with Gasteiger partial charge in [0.1, 0.15) is 11.6 Å². The fourth-order valence-electron chi connectivity index (χ4n) is 1.27. The Labute approximate surface area is 100 Å². The number of nitrogens with two attached hydrogens (primary N) is 1. The molecule has 0 aliphatic heterocycles. The van der Waals surface area contributed by atoms with Gasteiger partial charge in [-0.2, -0.15) is 0 Å². The summed E-state index contributed by atoms with van der Waals surface area (Å²) in [6.45, 7) is 0. The molecule has 6 heteroatoms. The highest BCUT2D eigenvalue weighted by Crippen LogP contribution is 2.34. The number of carbonyl (C=O) groups excluding carboxylic acids is 1. The van der Waals surface area contributed by atoms with Crippen molar-refractivity contribution in [3.63, 3.8) is 0 Å². The number of carbonyl (C=O) groups is 1. The van der Waals surface area contributed by atoms with Gasteiger partial charge in [0.05, 0.1) is 18.0 Å². The van der Waals surface area contributed by atoms with E-state index in [-0.39, 0.29) is 17.7 Å². The lowest BCUT2D eigenvalue weighted by Crippen LogP contribution is -2.17. The zero-order valence-corrected chi connectivity index (χ0v) is 10.1. The number of phenolic OH excluding ortho intramolecular Hbond substituents is 1. The zero-order chi connectivity index (χ0) is 12.3. The van der Waals surface area contributed by atoms with Crippen molar-refractivity contribution in [2.24, 2.45) is 5.73 Å². The first-order valence-electron chi connectivity index (χ1n) is 4.46. The molecule has 3 N–H and O–H groups in total. The number of aromatic hydroxyl groups is 1. The maximum absolute atomic E-state index is 13.4. The molecule has 1 aromatic rings. The van der Waals surface area contributed by atoms with Crippen LogP contribution in [0.2, 0.25) is 0 Å². The molecule has 0 spiro atoms. The summed E-state index contributed by atoms with van der Waals surface area (Å²) in [4.78, 5) is 11.0. The molecule has 88 valence electrons. The average Bonchev–Trinajstić information content (AvgIpc) is 2.24. The Bertz CT molecular complexity index is 411. The van der Waals surface area contributed by atoms with Gasteiger partial charge in [0.15, 0.2) is 0 Å². The fraction of sp³-hybridized carbons (Fsp3) is 0.300. The molecular formula is C10H11BrFNO3. The molecule has 0 heterocycles. The minimum atomic E-state index is -0.940. The van der Waals surface area contributed by atoms with Crippen LogP contribution in [0.4, 0.5) is 4.39 Å². The van der Waals surface area contributed by atoms with E-state index in [0.29, 0.717) is 4.47 Å². The van der Waals surface area contributed by atoms with E-state index in [1.807, 2.05) is 0 Å². The summed E-state index contributed by atoms with van der Waals surface area (Å²) in [5, 5.41) is 9.62. The number of hydrogen-bond acceptors (Lipinski definition) is 4. The molecule has 16 heavy (non-hydrogen) atoms. The van der Waals surface area contributed by atoms with E-state index < -0.39 is 17.8 Å². The first-order chi connectivity index (χ1) is 7.47. The number of rotatable bonds is 3.